The molecule has 3 rings (SSSR count). The minimum atomic E-state index is -4.50. The molecule has 1 nitrogen and oxygen atoms in total. The minimum absolute atomic E-state index is 0.138. The maximum Gasteiger partial charge on any atom is 0.418 e. The highest BCUT2D eigenvalue weighted by molar-refractivity contribution is 8.08. The van der Waals surface area contributed by atoms with E-state index in [4.69, 9.17) is 4.74 Å². The molecular weight excluding hydrogens is 369 g/mol. The summed E-state index contributed by atoms with van der Waals surface area (Å²) in [4.78, 5) is 0.892. The zero-order valence-corrected chi connectivity index (χ0v) is 15.3. The van der Waals surface area contributed by atoms with E-state index in [1.807, 2.05) is 18.2 Å². The molecule has 3 aromatic carbocycles. The first kappa shape index (κ1) is 19.1. The predicted molar refractivity (Wildman–Crippen MR) is 105 cm³/mol. The van der Waals surface area contributed by atoms with Gasteiger partial charge in [-0.2, -0.15) is 13.2 Å². The fourth-order valence-corrected chi connectivity index (χ4v) is 3.75. The van der Waals surface area contributed by atoms with Gasteiger partial charge < -0.3 is 4.74 Å². The molecule has 0 aliphatic heterocycles. The molecule has 27 heavy (non-hydrogen) atoms. The van der Waals surface area contributed by atoms with Gasteiger partial charge in [0, 0.05) is 9.80 Å². The third kappa shape index (κ3) is 4.74. The van der Waals surface area contributed by atoms with Crippen LogP contribution in [0.4, 0.5) is 13.2 Å². The molecule has 5 heteroatoms. The average molecular weight is 386 g/mol. The summed E-state index contributed by atoms with van der Waals surface area (Å²) in [6.45, 7) is 0. The Kier molecular flexibility index (Phi) is 5.91. The van der Waals surface area contributed by atoms with Crippen LogP contribution in [0.15, 0.2) is 89.8 Å². The second-order valence-electron chi connectivity index (χ2n) is 5.71. The lowest BCUT2D eigenvalue weighted by Crippen LogP contribution is -2.12. The van der Waals surface area contributed by atoms with Crippen molar-refractivity contribution >= 4 is 22.2 Å². The summed E-state index contributed by atoms with van der Waals surface area (Å²) < 4.78 is 47.4. The lowest BCUT2D eigenvalue weighted by molar-refractivity contribution is -0.0684. The summed E-state index contributed by atoms with van der Waals surface area (Å²) in [7, 11) is 1.52. The predicted octanol–water partition coefficient (Wildman–Crippen LogP) is 6.92. The zero-order valence-electron chi connectivity index (χ0n) is 14.5. The second kappa shape index (κ2) is 8.35. The van der Waals surface area contributed by atoms with Crippen molar-refractivity contribution in [3.8, 4) is 5.75 Å². The molecular formula is C22H17F3OS. The molecule has 0 N–H and O–H groups in total. The zero-order chi connectivity index (χ0) is 19.3. The van der Waals surface area contributed by atoms with Gasteiger partial charge in [0.25, 0.3) is 0 Å². The van der Waals surface area contributed by atoms with Crippen molar-refractivity contribution in [3.05, 3.63) is 96.1 Å². The van der Waals surface area contributed by atoms with Crippen LogP contribution in [0.25, 0.3) is 10.5 Å². The standard InChI is InChI=1S/C22H17F3OS/c1-26-18-14-12-17(13-15-18)21(27-19-10-6-3-7-11-19)20(22(23,24)25)16-8-4-2-5-9-16/h2-15H,1H3/b21-20+. The Morgan fingerprint density at radius 3 is 1.81 bits per heavy atom. The molecule has 0 radical (unpaired) electrons. The molecule has 0 heterocycles. The summed E-state index contributed by atoms with van der Waals surface area (Å²) in [6, 6.07) is 23.6. The van der Waals surface area contributed by atoms with Gasteiger partial charge >= 0.3 is 6.18 Å². The Morgan fingerprint density at radius 2 is 1.30 bits per heavy atom. The van der Waals surface area contributed by atoms with Crippen LogP contribution in [-0.2, 0) is 0 Å². The highest BCUT2D eigenvalue weighted by atomic mass is 32.2. The summed E-state index contributed by atoms with van der Waals surface area (Å²) in [5.41, 5.74) is -0.0257. The van der Waals surface area contributed by atoms with E-state index < -0.39 is 11.7 Å². The number of benzene rings is 3. The van der Waals surface area contributed by atoms with Crippen molar-refractivity contribution in [1.29, 1.82) is 0 Å². The maximum absolute atomic E-state index is 14.1. The van der Waals surface area contributed by atoms with Crippen LogP contribution < -0.4 is 4.74 Å². The van der Waals surface area contributed by atoms with E-state index in [-0.39, 0.29) is 10.5 Å². The summed E-state index contributed by atoms with van der Waals surface area (Å²) >= 11 is 1.10. The summed E-state index contributed by atoms with van der Waals surface area (Å²) in [5.74, 6) is 0.594. The molecule has 138 valence electrons. The number of methoxy groups -OCH3 is 1. The number of alkyl halides is 3. The highest BCUT2D eigenvalue weighted by Crippen LogP contribution is 2.46. The van der Waals surface area contributed by atoms with Gasteiger partial charge in [0.15, 0.2) is 0 Å². The van der Waals surface area contributed by atoms with Crippen LogP contribution in [0, 0.1) is 0 Å². The van der Waals surface area contributed by atoms with Gasteiger partial charge in [0.05, 0.1) is 12.7 Å². The van der Waals surface area contributed by atoms with Crippen LogP contribution in [0.1, 0.15) is 11.1 Å². The minimum Gasteiger partial charge on any atom is -0.497 e. The monoisotopic (exact) mass is 386 g/mol. The Morgan fingerprint density at radius 1 is 0.741 bits per heavy atom. The summed E-state index contributed by atoms with van der Waals surface area (Å²) in [5, 5.41) is 0. The van der Waals surface area contributed by atoms with Gasteiger partial charge in [-0.15, -0.1) is 0 Å². The fraction of sp³-hybridized carbons (Fsp3) is 0.0909. The van der Waals surface area contributed by atoms with Gasteiger partial charge in [-0.05, 0) is 35.4 Å². The molecule has 0 aliphatic rings. The first-order valence-electron chi connectivity index (χ1n) is 8.23. The van der Waals surface area contributed by atoms with Crippen molar-refractivity contribution in [2.45, 2.75) is 11.1 Å². The Balaban J connectivity index is 2.22. The number of ether oxygens (including phenoxy) is 1. The SMILES string of the molecule is COc1ccc(/C(Sc2ccccc2)=C(/c2ccccc2)C(F)(F)F)cc1. The van der Waals surface area contributed by atoms with E-state index >= 15 is 0 Å². The quantitative estimate of drug-likeness (QED) is 0.348. The Hall–Kier alpha value is -2.66. The topological polar surface area (TPSA) is 9.23 Å². The van der Waals surface area contributed by atoms with Crippen molar-refractivity contribution < 1.29 is 17.9 Å². The van der Waals surface area contributed by atoms with E-state index in [0.29, 0.717) is 11.3 Å². The smallest absolute Gasteiger partial charge is 0.418 e. The number of allylic oxidation sites excluding steroid dienone is 1. The van der Waals surface area contributed by atoms with E-state index in [2.05, 4.69) is 0 Å². The number of halogens is 3. The Bertz CT molecular complexity index is 902. The van der Waals surface area contributed by atoms with Crippen LogP contribution in [-0.4, -0.2) is 13.3 Å². The lowest BCUT2D eigenvalue weighted by Gasteiger charge is -2.19. The van der Waals surface area contributed by atoms with Crippen molar-refractivity contribution in [2.24, 2.45) is 0 Å². The van der Waals surface area contributed by atoms with E-state index in [9.17, 15) is 13.2 Å². The molecule has 0 unspecified atom stereocenters. The molecule has 0 aromatic heterocycles. The van der Waals surface area contributed by atoms with Crippen LogP contribution in [0.2, 0.25) is 0 Å². The van der Waals surface area contributed by atoms with Gasteiger partial charge in [-0.1, -0.05) is 72.4 Å². The average Bonchev–Trinajstić information content (AvgIpc) is 2.68. The molecule has 0 aliphatic carbocycles. The van der Waals surface area contributed by atoms with Gasteiger partial charge in [-0.25, -0.2) is 0 Å². The maximum atomic E-state index is 14.1. The van der Waals surface area contributed by atoms with Gasteiger partial charge in [0.2, 0.25) is 0 Å². The number of thioether (sulfide) groups is 1. The normalized spacial score (nSPS) is 12.4. The van der Waals surface area contributed by atoms with Crippen LogP contribution in [0.5, 0.6) is 5.75 Å². The highest BCUT2D eigenvalue weighted by Gasteiger charge is 2.38. The van der Waals surface area contributed by atoms with Crippen LogP contribution in [0.3, 0.4) is 0 Å². The van der Waals surface area contributed by atoms with Gasteiger partial charge in [-0.3, -0.25) is 0 Å². The number of rotatable bonds is 5. The van der Waals surface area contributed by atoms with Crippen LogP contribution >= 0.6 is 11.8 Å². The first-order valence-corrected chi connectivity index (χ1v) is 9.05. The second-order valence-corrected chi connectivity index (χ2v) is 6.80. The molecule has 0 amide bonds. The number of hydrogen-bond donors (Lipinski definition) is 0. The first-order chi connectivity index (χ1) is 13.0. The summed E-state index contributed by atoms with van der Waals surface area (Å²) in [6.07, 6.45) is -4.50. The van der Waals surface area contributed by atoms with E-state index in [1.54, 1.807) is 54.6 Å². The Labute approximate surface area is 160 Å². The van der Waals surface area contributed by atoms with Gasteiger partial charge in [0.1, 0.15) is 5.75 Å². The van der Waals surface area contributed by atoms with E-state index in [0.717, 1.165) is 16.7 Å². The molecule has 0 saturated carbocycles. The van der Waals surface area contributed by atoms with Crippen molar-refractivity contribution in [1.82, 2.24) is 0 Å². The molecule has 0 bridgehead atoms. The lowest BCUT2D eigenvalue weighted by atomic mass is 10.0. The molecule has 0 atom stereocenters. The van der Waals surface area contributed by atoms with Crippen molar-refractivity contribution in [2.75, 3.05) is 7.11 Å². The molecule has 0 saturated heterocycles. The third-order valence-corrected chi connectivity index (χ3v) is 5.04. The van der Waals surface area contributed by atoms with E-state index in [1.165, 1.54) is 19.2 Å². The molecule has 0 fully saturated rings. The van der Waals surface area contributed by atoms with Crippen molar-refractivity contribution in [3.63, 3.8) is 0 Å². The largest absolute Gasteiger partial charge is 0.497 e. The molecule has 0 spiro atoms. The number of hydrogen-bond acceptors (Lipinski definition) is 2. The molecule has 3 aromatic rings. The third-order valence-electron chi connectivity index (χ3n) is 3.89. The fourth-order valence-electron chi connectivity index (χ4n) is 2.63.